The maximum absolute atomic E-state index is 12.9. The molecular weight excluding hydrogens is 410 g/mol. The van der Waals surface area contributed by atoms with E-state index >= 15 is 0 Å². The van der Waals surface area contributed by atoms with Crippen LogP contribution in [0.4, 0.5) is 0 Å². The highest BCUT2D eigenvalue weighted by Crippen LogP contribution is 2.45. The molecular formula is C20H14BrN3O3. The zero-order chi connectivity index (χ0) is 18.5. The molecule has 1 aromatic heterocycles. The van der Waals surface area contributed by atoms with Gasteiger partial charge in [0.1, 0.15) is 11.7 Å². The van der Waals surface area contributed by atoms with Gasteiger partial charge in [0.2, 0.25) is 5.88 Å². The minimum absolute atomic E-state index is 0.419. The Morgan fingerprint density at radius 2 is 1.89 bits per heavy atom. The van der Waals surface area contributed by atoms with Gasteiger partial charge in [0.25, 0.3) is 0 Å². The summed E-state index contributed by atoms with van der Waals surface area (Å²) < 4.78 is 12.6. The third-order valence-electron chi connectivity index (χ3n) is 4.82. The summed E-state index contributed by atoms with van der Waals surface area (Å²) in [6, 6.07) is 15.1. The smallest absolute Gasteiger partial charge is 0.344 e. The molecule has 6 nitrogen and oxygen atoms in total. The summed E-state index contributed by atoms with van der Waals surface area (Å²) >= 11 is 3.45. The average molecular weight is 424 g/mol. The first-order chi connectivity index (χ1) is 13.1. The van der Waals surface area contributed by atoms with Gasteiger partial charge in [-0.1, -0.05) is 40.2 Å². The van der Waals surface area contributed by atoms with Gasteiger partial charge in [-0.25, -0.2) is 4.79 Å². The van der Waals surface area contributed by atoms with Crippen LogP contribution in [0.15, 0.2) is 78.7 Å². The first kappa shape index (κ1) is 16.3. The van der Waals surface area contributed by atoms with Crippen LogP contribution in [0, 0.1) is 0 Å². The van der Waals surface area contributed by atoms with Crippen molar-refractivity contribution in [1.29, 1.82) is 0 Å². The lowest BCUT2D eigenvalue weighted by Crippen LogP contribution is -2.39. The Hall–Kier alpha value is -2.90. The molecule has 0 spiro atoms. The summed E-state index contributed by atoms with van der Waals surface area (Å²) in [6.07, 6.45) is 0.898. The highest BCUT2D eigenvalue weighted by atomic mass is 79.9. The number of nitrogens with two attached hydrogens (primary N) is 1. The van der Waals surface area contributed by atoms with Crippen LogP contribution < -0.4 is 21.4 Å². The Morgan fingerprint density at radius 1 is 1.11 bits per heavy atom. The second-order valence-corrected chi connectivity index (χ2v) is 7.28. The maximum atomic E-state index is 12.9. The number of hydrogen-bond donors (Lipinski definition) is 2. The summed E-state index contributed by atoms with van der Waals surface area (Å²) in [7, 11) is 0. The molecule has 0 aliphatic carbocycles. The molecule has 2 aliphatic rings. The van der Waals surface area contributed by atoms with Crippen molar-refractivity contribution in [2.45, 2.75) is 12.1 Å². The fourth-order valence-electron chi connectivity index (χ4n) is 3.62. The van der Waals surface area contributed by atoms with Crippen molar-refractivity contribution in [3.8, 4) is 5.75 Å². The van der Waals surface area contributed by atoms with Gasteiger partial charge < -0.3 is 20.2 Å². The van der Waals surface area contributed by atoms with Crippen LogP contribution in [-0.2, 0) is 0 Å². The lowest BCUT2D eigenvalue weighted by molar-refractivity contribution is 0.358. The van der Waals surface area contributed by atoms with Crippen LogP contribution in [0.2, 0.25) is 0 Å². The summed E-state index contributed by atoms with van der Waals surface area (Å²) in [5.41, 5.74) is 8.34. The van der Waals surface area contributed by atoms with Gasteiger partial charge in [0.05, 0.1) is 17.3 Å². The molecule has 0 fully saturated rings. The molecule has 0 saturated carbocycles. The van der Waals surface area contributed by atoms with E-state index in [9.17, 15) is 4.79 Å². The van der Waals surface area contributed by atoms with Crippen LogP contribution in [-0.4, -0.2) is 12.5 Å². The van der Waals surface area contributed by atoms with Crippen molar-refractivity contribution in [1.82, 2.24) is 5.32 Å². The van der Waals surface area contributed by atoms with Crippen molar-refractivity contribution in [3.63, 3.8) is 0 Å². The molecule has 0 bridgehead atoms. The van der Waals surface area contributed by atoms with Crippen molar-refractivity contribution in [3.05, 3.63) is 86.0 Å². The van der Waals surface area contributed by atoms with E-state index in [1.165, 1.54) is 6.34 Å². The van der Waals surface area contributed by atoms with E-state index < -0.39 is 17.7 Å². The number of fused-ring (bicyclic) bond motifs is 3. The van der Waals surface area contributed by atoms with Crippen molar-refractivity contribution >= 4 is 33.2 Å². The minimum Gasteiger partial charge on any atom is -0.440 e. The molecule has 134 valence electrons. The molecule has 7 heteroatoms. The zero-order valence-corrected chi connectivity index (χ0v) is 15.6. The van der Waals surface area contributed by atoms with Crippen LogP contribution in [0.1, 0.15) is 17.0 Å². The second-order valence-electron chi connectivity index (χ2n) is 6.37. The van der Waals surface area contributed by atoms with Gasteiger partial charge in [0, 0.05) is 16.0 Å². The van der Waals surface area contributed by atoms with Gasteiger partial charge in [0.15, 0.2) is 5.75 Å². The Bertz CT molecular complexity index is 1180. The van der Waals surface area contributed by atoms with Gasteiger partial charge in [-0.2, -0.15) is 0 Å². The quantitative estimate of drug-likeness (QED) is 0.586. The number of rotatable bonds is 1. The highest BCUT2D eigenvalue weighted by molar-refractivity contribution is 9.10. The van der Waals surface area contributed by atoms with Crippen molar-refractivity contribution < 1.29 is 9.15 Å². The summed E-state index contributed by atoms with van der Waals surface area (Å²) in [5.74, 6) is 0.579. The fraction of sp³-hybridized carbons (Fsp3) is 0.100. The fourth-order valence-corrected chi connectivity index (χ4v) is 3.88. The molecule has 0 radical (unpaired) electrons. The molecule has 2 aromatic carbocycles. The van der Waals surface area contributed by atoms with Gasteiger partial charge in [-0.3, -0.25) is 4.99 Å². The van der Waals surface area contributed by atoms with Crippen molar-refractivity contribution in [2.24, 2.45) is 10.7 Å². The number of para-hydroxylation sites is 1. The number of nitrogens with zero attached hydrogens (tertiary/aromatic N) is 1. The Kier molecular flexibility index (Phi) is 3.66. The van der Waals surface area contributed by atoms with E-state index in [2.05, 4.69) is 26.2 Å². The summed E-state index contributed by atoms with van der Waals surface area (Å²) in [4.78, 5) is 17.2. The van der Waals surface area contributed by atoms with Crippen LogP contribution in [0.3, 0.4) is 0 Å². The van der Waals surface area contributed by atoms with E-state index in [1.54, 1.807) is 6.07 Å². The van der Waals surface area contributed by atoms with Crippen molar-refractivity contribution in [2.75, 3.05) is 0 Å². The van der Waals surface area contributed by atoms with Crippen LogP contribution in [0.5, 0.6) is 5.75 Å². The first-order valence-electron chi connectivity index (χ1n) is 8.40. The topological polar surface area (TPSA) is 89.9 Å². The number of aliphatic imine (C=N–C) groups is 1. The average Bonchev–Trinajstić information content (AvgIpc) is 2.68. The number of halogens is 1. The lowest BCUT2D eigenvalue weighted by atomic mass is 9.82. The highest BCUT2D eigenvalue weighted by Gasteiger charge is 2.39. The van der Waals surface area contributed by atoms with E-state index in [1.807, 2.05) is 42.5 Å². The normalized spacial score (nSPS) is 20.7. The summed E-state index contributed by atoms with van der Waals surface area (Å²) in [5, 5.41) is 3.77. The molecule has 2 atom stereocenters. The third kappa shape index (κ3) is 2.50. The van der Waals surface area contributed by atoms with Gasteiger partial charge >= 0.3 is 5.63 Å². The Balaban J connectivity index is 1.84. The second kappa shape index (κ2) is 6.07. The minimum atomic E-state index is -0.617. The van der Waals surface area contributed by atoms with Gasteiger partial charge in [-0.05, 0) is 29.8 Å². The predicted molar refractivity (Wildman–Crippen MR) is 106 cm³/mol. The molecule has 3 aromatic rings. The molecule has 5 rings (SSSR count). The molecule has 3 heterocycles. The third-order valence-corrected chi connectivity index (χ3v) is 5.35. The summed E-state index contributed by atoms with van der Waals surface area (Å²) in [6.45, 7) is 0. The predicted octanol–water partition coefficient (Wildman–Crippen LogP) is 3.21. The van der Waals surface area contributed by atoms with E-state index in [0.29, 0.717) is 28.4 Å². The SMILES string of the molecule is N[C@@H]1N=CNC2=C1[C@H](c1ccc(Br)cc1)c1c(c3ccccc3oc1=O)O2. The molecule has 27 heavy (non-hydrogen) atoms. The molecule has 3 N–H and O–H groups in total. The largest absolute Gasteiger partial charge is 0.440 e. The molecule has 0 saturated heterocycles. The number of hydrogen-bond acceptors (Lipinski definition) is 6. The first-order valence-corrected chi connectivity index (χ1v) is 9.19. The van der Waals surface area contributed by atoms with E-state index in [-0.39, 0.29) is 0 Å². The van der Waals surface area contributed by atoms with Gasteiger partial charge in [-0.15, -0.1) is 0 Å². The Labute approximate surface area is 162 Å². The monoisotopic (exact) mass is 423 g/mol. The van der Waals surface area contributed by atoms with E-state index in [4.69, 9.17) is 14.9 Å². The molecule has 2 aliphatic heterocycles. The van der Waals surface area contributed by atoms with E-state index in [0.717, 1.165) is 15.4 Å². The molecule has 0 unspecified atom stereocenters. The standard InChI is InChI=1S/C20H14BrN3O3/c21-11-7-5-10(6-8-11)14-15-17(27-19-16(14)18(22)23-9-24-19)12-3-1-2-4-13(12)26-20(15)25/h1-9,14,18H,22H2,(H,23,24)/t14-,18-/m1/s1. The van der Waals surface area contributed by atoms with Crippen LogP contribution >= 0.6 is 15.9 Å². The molecule has 0 amide bonds. The lowest BCUT2D eigenvalue weighted by Gasteiger charge is -2.33. The zero-order valence-electron chi connectivity index (χ0n) is 14.0. The Morgan fingerprint density at radius 3 is 2.70 bits per heavy atom. The number of nitrogens with one attached hydrogen (secondary N) is 1. The number of ether oxygens (including phenoxy) is 1. The van der Waals surface area contributed by atoms with Crippen LogP contribution in [0.25, 0.3) is 11.0 Å². The maximum Gasteiger partial charge on any atom is 0.344 e. The number of benzene rings is 2.